The Balaban J connectivity index is 2.33. The molecule has 1 heterocycles. The van der Waals surface area contributed by atoms with Crippen molar-refractivity contribution in [2.45, 2.75) is 58.6 Å². The van der Waals surface area contributed by atoms with Gasteiger partial charge in [-0.1, -0.05) is 13.3 Å². The summed E-state index contributed by atoms with van der Waals surface area (Å²) in [6.07, 6.45) is 4.04. The van der Waals surface area contributed by atoms with Crippen molar-refractivity contribution >= 4 is 27.8 Å². The van der Waals surface area contributed by atoms with E-state index in [0.29, 0.717) is 16.2 Å². The number of anilines is 1. The lowest BCUT2D eigenvalue weighted by atomic mass is 10.1. The third kappa shape index (κ3) is 4.57. The molecule has 1 saturated carbocycles. The van der Waals surface area contributed by atoms with Gasteiger partial charge in [-0.2, -0.15) is 10.2 Å². The van der Waals surface area contributed by atoms with Gasteiger partial charge >= 0.3 is 6.09 Å². The van der Waals surface area contributed by atoms with Gasteiger partial charge in [0.2, 0.25) is 5.82 Å². The highest BCUT2D eigenvalue weighted by atomic mass is 79.9. The van der Waals surface area contributed by atoms with Crippen LogP contribution in [0.15, 0.2) is 10.7 Å². The monoisotopic (exact) mass is 395 g/mol. The number of ether oxygens (including phenoxy) is 1. The van der Waals surface area contributed by atoms with E-state index in [1.165, 1.54) is 6.20 Å². The van der Waals surface area contributed by atoms with Gasteiger partial charge in [-0.3, -0.25) is 5.01 Å². The standard InChI is InChI=1S/C16H22BrN5O2/c1-10-6-5-7-12(10)22(21-15(23)24-16(2,3)4)14-11(17)9-19-13(8-18)20-14/h9-10,12H,5-7H2,1-4H3,(H,21,23)/t10-,12-/m0/s1. The second kappa shape index (κ2) is 7.34. The first-order chi connectivity index (χ1) is 11.2. The van der Waals surface area contributed by atoms with E-state index >= 15 is 0 Å². The maximum absolute atomic E-state index is 12.3. The van der Waals surface area contributed by atoms with E-state index in [1.807, 2.05) is 26.8 Å². The molecule has 0 spiro atoms. The third-order valence-electron chi connectivity index (χ3n) is 3.81. The Morgan fingerprint density at radius 1 is 1.50 bits per heavy atom. The lowest BCUT2D eigenvalue weighted by Crippen LogP contribution is -2.52. The van der Waals surface area contributed by atoms with Crippen LogP contribution in [-0.4, -0.2) is 27.7 Å². The Hall–Kier alpha value is -1.88. The Bertz CT molecular complexity index is 653. The first kappa shape index (κ1) is 18.5. The highest BCUT2D eigenvalue weighted by molar-refractivity contribution is 9.10. The van der Waals surface area contributed by atoms with E-state index in [9.17, 15) is 4.79 Å². The predicted molar refractivity (Wildman–Crippen MR) is 93.1 cm³/mol. The Labute approximate surface area is 150 Å². The van der Waals surface area contributed by atoms with E-state index < -0.39 is 11.7 Å². The molecule has 2 atom stereocenters. The van der Waals surface area contributed by atoms with Crippen molar-refractivity contribution in [3.63, 3.8) is 0 Å². The molecule has 1 aromatic heterocycles. The third-order valence-corrected chi connectivity index (χ3v) is 4.37. The fraction of sp³-hybridized carbons (Fsp3) is 0.625. The number of hydrazine groups is 1. The average molecular weight is 396 g/mol. The fourth-order valence-corrected chi connectivity index (χ4v) is 3.16. The smallest absolute Gasteiger partial charge is 0.426 e. The number of carbonyl (C=O) groups is 1. The number of nitrogens with zero attached hydrogens (tertiary/aromatic N) is 4. The molecule has 1 amide bonds. The lowest BCUT2D eigenvalue weighted by molar-refractivity contribution is 0.0511. The van der Waals surface area contributed by atoms with Crippen LogP contribution in [0.2, 0.25) is 0 Å². The molecule has 1 aromatic rings. The van der Waals surface area contributed by atoms with E-state index in [4.69, 9.17) is 10.00 Å². The van der Waals surface area contributed by atoms with Crippen LogP contribution in [0.3, 0.4) is 0 Å². The van der Waals surface area contributed by atoms with Crippen LogP contribution in [-0.2, 0) is 4.74 Å². The molecule has 1 aliphatic rings. The molecule has 1 aliphatic carbocycles. The van der Waals surface area contributed by atoms with Crippen molar-refractivity contribution < 1.29 is 9.53 Å². The van der Waals surface area contributed by atoms with Crippen molar-refractivity contribution in [1.82, 2.24) is 15.4 Å². The predicted octanol–water partition coefficient (Wildman–Crippen LogP) is 3.55. The van der Waals surface area contributed by atoms with Gasteiger partial charge in [0, 0.05) is 6.20 Å². The van der Waals surface area contributed by atoms with Gasteiger partial charge in [0.25, 0.3) is 0 Å². The molecular formula is C16H22BrN5O2. The molecule has 24 heavy (non-hydrogen) atoms. The summed E-state index contributed by atoms with van der Waals surface area (Å²) in [5.74, 6) is 0.897. The van der Waals surface area contributed by atoms with Gasteiger partial charge in [-0.15, -0.1) is 0 Å². The Morgan fingerprint density at radius 2 is 2.21 bits per heavy atom. The molecule has 2 rings (SSSR count). The molecule has 0 unspecified atom stereocenters. The Morgan fingerprint density at radius 3 is 2.75 bits per heavy atom. The lowest BCUT2D eigenvalue weighted by Gasteiger charge is -2.34. The van der Waals surface area contributed by atoms with Crippen LogP contribution in [0.4, 0.5) is 10.6 Å². The van der Waals surface area contributed by atoms with Crippen LogP contribution in [0.25, 0.3) is 0 Å². The zero-order chi connectivity index (χ0) is 17.9. The van der Waals surface area contributed by atoms with Crippen LogP contribution >= 0.6 is 15.9 Å². The van der Waals surface area contributed by atoms with Gasteiger partial charge in [-0.05, 0) is 55.5 Å². The summed E-state index contributed by atoms with van der Waals surface area (Å²) in [4.78, 5) is 20.5. The quantitative estimate of drug-likeness (QED) is 0.786. The van der Waals surface area contributed by atoms with Crippen molar-refractivity contribution in [3.05, 3.63) is 16.5 Å². The van der Waals surface area contributed by atoms with Crippen molar-refractivity contribution in [1.29, 1.82) is 5.26 Å². The summed E-state index contributed by atoms with van der Waals surface area (Å²) in [5, 5.41) is 10.8. The van der Waals surface area contributed by atoms with E-state index in [0.717, 1.165) is 19.3 Å². The normalized spacial score (nSPS) is 20.3. The maximum Gasteiger partial charge on any atom is 0.426 e. The van der Waals surface area contributed by atoms with Gasteiger partial charge in [-0.25, -0.2) is 15.2 Å². The van der Waals surface area contributed by atoms with Crippen LogP contribution in [0, 0.1) is 17.2 Å². The number of nitriles is 1. The molecule has 0 saturated heterocycles. The summed E-state index contributed by atoms with van der Waals surface area (Å²) in [6.45, 7) is 7.57. The van der Waals surface area contributed by atoms with Crippen molar-refractivity contribution in [2.75, 3.05) is 5.01 Å². The number of hydrogen-bond donors (Lipinski definition) is 1. The minimum atomic E-state index is -0.599. The van der Waals surface area contributed by atoms with Crippen LogP contribution < -0.4 is 10.4 Å². The average Bonchev–Trinajstić information content (AvgIpc) is 2.90. The minimum absolute atomic E-state index is 0.0508. The molecule has 8 heteroatoms. The van der Waals surface area contributed by atoms with Gasteiger partial charge in [0.1, 0.15) is 11.7 Å². The number of rotatable bonds is 3. The van der Waals surface area contributed by atoms with Crippen molar-refractivity contribution in [2.24, 2.45) is 5.92 Å². The first-order valence-corrected chi connectivity index (χ1v) is 8.72. The summed E-state index contributed by atoms with van der Waals surface area (Å²) in [6, 6.07) is 2.01. The van der Waals surface area contributed by atoms with Gasteiger partial charge in [0.05, 0.1) is 10.5 Å². The summed E-state index contributed by atoms with van der Waals surface area (Å²) < 4.78 is 5.97. The molecule has 130 valence electrons. The zero-order valence-corrected chi connectivity index (χ0v) is 15.9. The van der Waals surface area contributed by atoms with Gasteiger partial charge < -0.3 is 4.74 Å². The number of hydrogen-bond acceptors (Lipinski definition) is 6. The minimum Gasteiger partial charge on any atom is -0.443 e. The number of aromatic nitrogens is 2. The molecular weight excluding hydrogens is 374 g/mol. The van der Waals surface area contributed by atoms with E-state index in [-0.39, 0.29) is 11.9 Å². The van der Waals surface area contributed by atoms with E-state index in [1.54, 1.807) is 5.01 Å². The number of amides is 1. The summed E-state index contributed by atoms with van der Waals surface area (Å²) in [5.41, 5.74) is 2.20. The molecule has 7 nitrogen and oxygen atoms in total. The fourth-order valence-electron chi connectivity index (χ4n) is 2.78. The number of nitrogens with one attached hydrogen (secondary N) is 1. The highest BCUT2D eigenvalue weighted by Crippen LogP contribution is 2.33. The van der Waals surface area contributed by atoms with E-state index in [2.05, 4.69) is 38.2 Å². The van der Waals surface area contributed by atoms with Gasteiger partial charge in [0.15, 0.2) is 5.82 Å². The summed E-state index contributed by atoms with van der Waals surface area (Å²) >= 11 is 3.41. The highest BCUT2D eigenvalue weighted by Gasteiger charge is 2.33. The largest absolute Gasteiger partial charge is 0.443 e. The molecule has 0 aromatic carbocycles. The topological polar surface area (TPSA) is 91.1 Å². The number of carbonyl (C=O) groups excluding carboxylic acids is 1. The molecule has 0 radical (unpaired) electrons. The molecule has 1 fully saturated rings. The van der Waals surface area contributed by atoms with Crippen LogP contribution in [0.1, 0.15) is 52.8 Å². The Kier molecular flexibility index (Phi) is 5.65. The summed E-state index contributed by atoms with van der Waals surface area (Å²) in [7, 11) is 0. The molecule has 1 N–H and O–H groups in total. The molecule has 0 bridgehead atoms. The second-order valence-corrected chi connectivity index (χ2v) is 7.79. The zero-order valence-electron chi connectivity index (χ0n) is 14.3. The maximum atomic E-state index is 12.3. The molecule has 0 aliphatic heterocycles. The van der Waals surface area contributed by atoms with Crippen LogP contribution in [0.5, 0.6) is 0 Å². The number of halogens is 1. The second-order valence-electron chi connectivity index (χ2n) is 6.94. The first-order valence-electron chi connectivity index (χ1n) is 7.93. The SMILES string of the molecule is C[C@H]1CCC[C@@H]1N(NC(=O)OC(C)(C)C)c1nc(C#N)ncc1Br. The van der Waals surface area contributed by atoms with Crippen molar-refractivity contribution in [3.8, 4) is 6.07 Å².